The second-order valence-corrected chi connectivity index (χ2v) is 5.73. The molecule has 0 radical (unpaired) electrons. The van der Waals surface area contributed by atoms with Crippen molar-refractivity contribution in [1.29, 1.82) is 0 Å². The van der Waals surface area contributed by atoms with Crippen LogP contribution in [0, 0.1) is 17.8 Å². The van der Waals surface area contributed by atoms with Crippen LogP contribution in [0.1, 0.15) is 40.0 Å². The van der Waals surface area contributed by atoms with E-state index in [9.17, 15) is 0 Å². The summed E-state index contributed by atoms with van der Waals surface area (Å²) < 4.78 is -0.0146. The first kappa shape index (κ1) is 15.6. The second-order valence-electron chi connectivity index (χ2n) is 4.71. The Labute approximate surface area is 106 Å². The highest BCUT2D eigenvalue weighted by Gasteiger charge is 2.26. The standard InChI is InChI=1S/C14H25NS/c1-6-7-8-9-10-14(4,16)12(2)11-13(3)15-5/h6,12-13,15-16H,1,7,10-11H2,2-5H3. The van der Waals surface area contributed by atoms with E-state index >= 15 is 0 Å². The molecule has 0 aliphatic rings. The number of rotatable bonds is 6. The molecule has 1 N–H and O–H groups in total. The third kappa shape index (κ3) is 6.25. The lowest BCUT2D eigenvalue weighted by molar-refractivity contribution is 0.367. The van der Waals surface area contributed by atoms with E-state index in [0.717, 1.165) is 19.3 Å². The van der Waals surface area contributed by atoms with Crippen LogP contribution in [0.3, 0.4) is 0 Å². The predicted octanol–water partition coefficient (Wildman–Crippen LogP) is 3.28. The Bertz CT molecular complexity index is 260. The minimum absolute atomic E-state index is 0.0146. The van der Waals surface area contributed by atoms with Crippen LogP contribution in [0.2, 0.25) is 0 Å². The molecule has 16 heavy (non-hydrogen) atoms. The topological polar surface area (TPSA) is 12.0 Å². The van der Waals surface area contributed by atoms with Crippen LogP contribution in [-0.2, 0) is 0 Å². The fourth-order valence-electron chi connectivity index (χ4n) is 1.46. The van der Waals surface area contributed by atoms with Crippen LogP contribution in [0.15, 0.2) is 12.7 Å². The van der Waals surface area contributed by atoms with Crippen molar-refractivity contribution >= 4 is 12.6 Å². The van der Waals surface area contributed by atoms with E-state index in [0.29, 0.717) is 12.0 Å². The van der Waals surface area contributed by atoms with E-state index in [-0.39, 0.29) is 4.75 Å². The second kappa shape index (κ2) is 7.81. The van der Waals surface area contributed by atoms with Gasteiger partial charge in [-0.05, 0) is 33.2 Å². The average molecular weight is 239 g/mol. The van der Waals surface area contributed by atoms with Gasteiger partial charge in [0.2, 0.25) is 0 Å². The number of allylic oxidation sites excluding steroid dienone is 1. The van der Waals surface area contributed by atoms with Crippen molar-refractivity contribution in [3.05, 3.63) is 12.7 Å². The van der Waals surface area contributed by atoms with Crippen molar-refractivity contribution < 1.29 is 0 Å². The first-order valence-electron chi connectivity index (χ1n) is 5.90. The molecular weight excluding hydrogens is 214 g/mol. The molecule has 1 nitrogen and oxygen atoms in total. The first-order valence-corrected chi connectivity index (χ1v) is 6.35. The maximum Gasteiger partial charge on any atom is 0.0267 e. The highest BCUT2D eigenvalue weighted by atomic mass is 32.1. The molecule has 0 rings (SSSR count). The van der Waals surface area contributed by atoms with E-state index in [2.05, 4.69) is 44.5 Å². The van der Waals surface area contributed by atoms with Crippen LogP contribution in [0.4, 0.5) is 0 Å². The van der Waals surface area contributed by atoms with Crippen molar-refractivity contribution in [2.75, 3.05) is 7.05 Å². The summed E-state index contributed by atoms with van der Waals surface area (Å²) in [6.07, 6.45) is 4.56. The Morgan fingerprint density at radius 1 is 1.44 bits per heavy atom. The molecule has 0 saturated heterocycles. The monoisotopic (exact) mass is 239 g/mol. The molecule has 0 aliphatic heterocycles. The van der Waals surface area contributed by atoms with Gasteiger partial charge >= 0.3 is 0 Å². The molecule has 92 valence electrons. The van der Waals surface area contributed by atoms with Gasteiger partial charge in [0, 0.05) is 23.6 Å². The van der Waals surface area contributed by atoms with Gasteiger partial charge < -0.3 is 5.32 Å². The van der Waals surface area contributed by atoms with Gasteiger partial charge in [-0.2, -0.15) is 12.6 Å². The van der Waals surface area contributed by atoms with Crippen molar-refractivity contribution in [2.24, 2.45) is 5.92 Å². The third-order valence-corrected chi connectivity index (χ3v) is 3.68. The molecule has 0 bridgehead atoms. The maximum atomic E-state index is 4.74. The van der Waals surface area contributed by atoms with Crippen LogP contribution in [-0.4, -0.2) is 17.8 Å². The molecule has 0 spiro atoms. The van der Waals surface area contributed by atoms with Gasteiger partial charge in [0.05, 0.1) is 0 Å². The maximum absolute atomic E-state index is 4.74. The van der Waals surface area contributed by atoms with Gasteiger partial charge in [-0.3, -0.25) is 0 Å². The van der Waals surface area contributed by atoms with Crippen LogP contribution < -0.4 is 5.32 Å². The fourth-order valence-corrected chi connectivity index (χ4v) is 1.65. The number of thiol groups is 1. The summed E-state index contributed by atoms with van der Waals surface area (Å²) in [6.45, 7) is 10.3. The van der Waals surface area contributed by atoms with E-state index in [4.69, 9.17) is 12.6 Å². The van der Waals surface area contributed by atoms with Crippen molar-refractivity contribution in [3.8, 4) is 11.8 Å². The minimum atomic E-state index is -0.0146. The summed E-state index contributed by atoms with van der Waals surface area (Å²) in [7, 11) is 2.00. The summed E-state index contributed by atoms with van der Waals surface area (Å²) >= 11 is 4.74. The Balaban J connectivity index is 4.20. The zero-order chi connectivity index (χ0) is 12.6. The normalized spacial score (nSPS) is 17.8. The number of hydrogen-bond acceptors (Lipinski definition) is 2. The van der Waals surface area contributed by atoms with Crippen molar-refractivity contribution in [3.63, 3.8) is 0 Å². The third-order valence-electron chi connectivity index (χ3n) is 3.08. The smallest absolute Gasteiger partial charge is 0.0267 e. The van der Waals surface area contributed by atoms with E-state index in [1.165, 1.54) is 0 Å². The van der Waals surface area contributed by atoms with Crippen LogP contribution >= 0.6 is 12.6 Å². The Morgan fingerprint density at radius 2 is 2.06 bits per heavy atom. The molecule has 3 atom stereocenters. The van der Waals surface area contributed by atoms with Gasteiger partial charge in [-0.25, -0.2) is 0 Å². The van der Waals surface area contributed by atoms with Gasteiger partial charge in [0.25, 0.3) is 0 Å². The number of nitrogens with one attached hydrogen (secondary N) is 1. The SMILES string of the molecule is C=CCC#CCC(C)(S)C(C)CC(C)NC. The molecule has 0 saturated carbocycles. The van der Waals surface area contributed by atoms with E-state index in [1.807, 2.05) is 13.1 Å². The van der Waals surface area contributed by atoms with Crippen LogP contribution in [0.25, 0.3) is 0 Å². The fraction of sp³-hybridized carbons (Fsp3) is 0.714. The van der Waals surface area contributed by atoms with Crippen molar-refractivity contribution in [2.45, 2.75) is 50.8 Å². The molecule has 0 aromatic rings. The molecule has 0 heterocycles. The highest BCUT2D eigenvalue weighted by Crippen LogP contribution is 2.31. The molecular formula is C14H25NS. The van der Waals surface area contributed by atoms with Crippen molar-refractivity contribution in [1.82, 2.24) is 5.32 Å². The molecule has 0 aromatic heterocycles. The summed E-state index contributed by atoms with van der Waals surface area (Å²) in [6, 6.07) is 0.530. The predicted molar refractivity (Wildman–Crippen MR) is 76.9 cm³/mol. The largest absolute Gasteiger partial charge is 0.317 e. The molecule has 0 fully saturated rings. The lowest BCUT2D eigenvalue weighted by Crippen LogP contribution is -2.32. The highest BCUT2D eigenvalue weighted by molar-refractivity contribution is 7.81. The Kier molecular flexibility index (Phi) is 7.62. The molecule has 3 unspecified atom stereocenters. The van der Waals surface area contributed by atoms with Crippen LogP contribution in [0.5, 0.6) is 0 Å². The molecule has 0 aromatic carbocycles. The molecule has 0 amide bonds. The zero-order valence-electron chi connectivity index (χ0n) is 11.0. The first-order chi connectivity index (χ1) is 7.44. The summed E-state index contributed by atoms with van der Waals surface area (Å²) in [5.41, 5.74) is 0. The minimum Gasteiger partial charge on any atom is -0.317 e. The summed E-state index contributed by atoms with van der Waals surface area (Å²) in [4.78, 5) is 0. The number of hydrogen-bond donors (Lipinski definition) is 2. The summed E-state index contributed by atoms with van der Waals surface area (Å²) in [5.74, 6) is 6.80. The molecule has 0 aliphatic carbocycles. The molecule has 2 heteroatoms. The summed E-state index contributed by atoms with van der Waals surface area (Å²) in [5, 5.41) is 3.26. The lowest BCUT2D eigenvalue weighted by atomic mass is 9.87. The van der Waals surface area contributed by atoms with Gasteiger partial charge in [-0.15, -0.1) is 12.5 Å². The zero-order valence-corrected chi connectivity index (χ0v) is 11.9. The quantitative estimate of drug-likeness (QED) is 0.412. The van der Waals surface area contributed by atoms with Gasteiger partial charge in [-0.1, -0.05) is 18.9 Å². The van der Waals surface area contributed by atoms with E-state index < -0.39 is 0 Å². The Morgan fingerprint density at radius 3 is 2.56 bits per heavy atom. The van der Waals surface area contributed by atoms with Gasteiger partial charge in [0.1, 0.15) is 0 Å². The Hall–Kier alpha value is -0.390. The van der Waals surface area contributed by atoms with E-state index in [1.54, 1.807) is 0 Å². The van der Waals surface area contributed by atoms with Gasteiger partial charge in [0.15, 0.2) is 0 Å². The average Bonchev–Trinajstić information content (AvgIpc) is 2.24. The lowest BCUT2D eigenvalue weighted by Gasteiger charge is -2.31.